The molecule has 21 heavy (non-hydrogen) atoms. The van der Waals surface area contributed by atoms with Gasteiger partial charge in [-0.25, -0.2) is 17.9 Å². The smallest absolute Gasteiger partial charge is 0.335 e. The quantitative estimate of drug-likeness (QED) is 0.846. The fourth-order valence-corrected chi connectivity index (χ4v) is 4.80. The van der Waals surface area contributed by atoms with Crippen LogP contribution in [0.15, 0.2) is 27.6 Å². The van der Waals surface area contributed by atoms with Crippen LogP contribution in [0.1, 0.15) is 43.0 Å². The van der Waals surface area contributed by atoms with Crippen molar-refractivity contribution in [1.82, 2.24) is 4.72 Å². The molecule has 0 unspecified atom stereocenters. The molecule has 1 aromatic rings. The summed E-state index contributed by atoms with van der Waals surface area (Å²) < 4.78 is 27.9. The predicted molar refractivity (Wildman–Crippen MR) is 82.8 cm³/mol. The Morgan fingerprint density at radius 1 is 1.29 bits per heavy atom. The maximum absolute atomic E-state index is 12.4. The molecular weight excluding hydrogens is 358 g/mol. The van der Waals surface area contributed by atoms with Crippen molar-refractivity contribution in [2.75, 3.05) is 0 Å². The van der Waals surface area contributed by atoms with Gasteiger partial charge in [-0.3, -0.25) is 0 Å². The molecule has 1 fully saturated rings. The van der Waals surface area contributed by atoms with Crippen LogP contribution in [0.25, 0.3) is 0 Å². The Labute approximate surface area is 132 Å². The summed E-state index contributed by atoms with van der Waals surface area (Å²) in [6, 6.07) is 3.92. The fourth-order valence-electron chi connectivity index (χ4n) is 2.50. The molecule has 0 atom stereocenters. The molecule has 0 amide bonds. The summed E-state index contributed by atoms with van der Waals surface area (Å²) in [5.74, 6) is -0.515. The van der Waals surface area contributed by atoms with Gasteiger partial charge in [-0.15, -0.1) is 0 Å². The van der Waals surface area contributed by atoms with E-state index in [1.165, 1.54) is 18.2 Å². The Balaban J connectivity index is 2.23. The normalized spacial score (nSPS) is 23.0. The third-order valence-electron chi connectivity index (χ3n) is 3.81. The summed E-state index contributed by atoms with van der Waals surface area (Å²) in [6.45, 7) is 2.16. The summed E-state index contributed by atoms with van der Waals surface area (Å²) in [6.07, 6.45) is 3.64. The lowest BCUT2D eigenvalue weighted by atomic mass is 9.88. The second kappa shape index (κ2) is 6.46. The first kappa shape index (κ1) is 16.5. The number of sulfonamides is 1. The lowest BCUT2D eigenvalue weighted by Gasteiger charge is -2.26. The van der Waals surface area contributed by atoms with E-state index in [0.29, 0.717) is 10.4 Å². The monoisotopic (exact) mass is 375 g/mol. The van der Waals surface area contributed by atoms with E-state index in [-0.39, 0.29) is 16.5 Å². The molecule has 2 N–H and O–H groups in total. The minimum Gasteiger partial charge on any atom is -0.478 e. The zero-order chi connectivity index (χ0) is 15.6. The van der Waals surface area contributed by atoms with Crippen LogP contribution in [-0.4, -0.2) is 25.5 Å². The van der Waals surface area contributed by atoms with Crippen LogP contribution < -0.4 is 4.72 Å². The van der Waals surface area contributed by atoms with Crippen molar-refractivity contribution in [2.45, 2.75) is 43.5 Å². The molecular formula is C14H18BrNO4S. The van der Waals surface area contributed by atoms with Gasteiger partial charge in [0.1, 0.15) is 0 Å². The van der Waals surface area contributed by atoms with Gasteiger partial charge in [0, 0.05) is 10.5 Å². The lowest BCUT2D eigenvalue weighted by molar-refractivity contribution is 0.0696. The van der Waals surface area contributed by atoms with E-state index >= 15 is 0 Å². The zero-order valence-corrected chi connectivity index (χ0v) is 14.1. The molecule has 0 aliphatic heterocycles. The summed E-state index contributed by atoms with van der Waals surface area (Å²) in [5.41, 5.74) is -0.0455. The highest BCUT2D eigenvalue weighted by Gasteiger charge is 2.26. The Morgan fingerprint density at radius 3 is 2.48 bits per heavy atom. The van der Waals surface area contributed by atoms with E-state index in [4.69, 9.17) is 5.11 Å². The molecule has 1 saturated carbocycles. The molecule has 1 aromatic carbocycles. The SMILES string of the molecule is CC1CCC(NS(=O)(=O)c2cc(C(=O)O)ccc2Br)CC1. The average Bonchev–Trinajstić information content (AvgIpc) is 2.41. The van der Waals surface area contributed by atoms with E-state index < -0.39 is 16.0 Å². The summed E-state index contributed by atoms with van der Waals surface area (Å²) >= 11 is 3.18. The molecule has 0 spiro atoms. The van der Waals surface area contributed by atoms with Gasteiger partial charge in [0.25, 0.3) is 0 Å². The van der Waals surface area contributed by atoms with E-state index in [0.717, 1.165) is 25.7 Å². The van der Waals surface area contributed by atoms with Crippen molar-refractivity contribution in [3.8, 4) is 0 Å². The standard InChI is InChI=1S/C14H18BrNO4S/c1-9-2-5-11(6-3-9)16-21(19,20)13-8-10(14(17)18)4-7-12(13)15/h4,7-9,11,16H,2-3,5-6H2,1H3,(H,17,18). The van der Waals surface area contributed by atoms with Gasteiger partial charge in [-0.1, -0.05) is 6.92 Å². The van der Waals surface area contributed by atoms with Crippen molar-refractivity contribution in [1.29, 1.82) is 0 Å². The largest absolute Gasteiger partial charge is 0.478 e. The van der Waals surface area contributed by atoms with Gasteiger partial charge >= 0.3 is 5.97 Å². The zero-order valence-electron chi connectivity index (χ0n) is 11.7. The van der Waals surface area contributed by atoms with Crippen molar-refractivity contribution >= 4 is 31.9 Å². The third-order valence-corrected chi connectivity index (χ3v) is 6.32. The van der Waals surface area contributed by atoms with Crippen molar-refractivity contribution < 1.29 is 18.3 Å². The molecule has 0 saturated heterocycles. The minimum absolute atomic E-state index is 0.0268. The van der Waals surface area contributed by atoms with Crippen molar-refractivity contribution in [2.24, 2.45) is 5.92 Å². The highest BCUT2D eigenvalue weighted by molar-refractivity contribution is 9.10. The molecule has 0 heterocycles. The lowest BCUT2D eigenvalue weighted by Crippen LogP contribution is -2.37. The summed E-state index contributed by atoms with van der Waals surface area (Å²) in [7, 11) is -3.72. The highest BCUT2D eigenvalue weighted by atomic mass is 79.9. The second-order valence-corrected chi connectivity index (χ2v) is 8.07. The Morgan fingerprint density at radius 2 is 1.90 bits per heavy atom. The molecule has 0 bridgehead atoms. The molecule has 2 rings (SSSR count). The van der Waals surface area contributed by atoms with Crippen LogP contribution in [0.3, 0.4) is 0 Å². The van der Waals surface area contributed by atoms with Crippen LogP contribution in [0.4, 0.5) is 0 Å². The number of benzene rings is 1. The Bertz CT molecular complexity index is 636. The first-order valence-electron chi connectivity index (χ1n) is 6.85. The number of hydrogen-bond donors (Lipinski definition) is 2. The van der Waals surface area contributed by atoms with Crippen LogP contribution in [0, 0.1) is 5.92 Å². The maximum atomic E-state index is 12.4. The van der Waals surface area contributed by atoms with Crippen LogP contribution >= 0.6 is 15.9 Å². The number of halogens is 1. The maximum Gasteiger partial charge on any atom is 0.335 e. The first-order valence-corrected chi connectivity index (χ1v) is 9.12. The molecule has 7 heteroatoms. The average molecular weight is 376 g/mol. The number of rotatable bonds is 4. The van der Waals surface area contributed by atoms with Gasteiger partial charge in [0.15, 0.2) is 0 Å². The number of carboxylic acids is 1. The summed E-state index contributed by atoms with van der Waals surface area (Å²) in [5, 5.41) is 8.99. The van der Waals surface area contributed by atoms with Crippen molar-refractivity contribution in [3.05, 3.63) is 28.2 Å². The Hall–Kier alpha value is -0.920. The van der Waals surface area contributed by atoms with E-state index in [1.54, 1.807) is 0 Å². The number of carbonyl (C=O) groups is 1. The molecule has 116 valence electrons. The van der Waals surface area contributed by atoms with Gasteiger partial charge in [0.2, 0.25) is 10.0 Å². The van der Waals surface area contributed by atoms with Crippen LogP contribution in [0.2, 0.25) is 0 Å². The van der Waals surface area contributed by atoms with E-state index in [9.17, 15) is 13.2 Å². The number of nitrogens with one attached hydrogen (secondary N) is 1. The number of carboxylic acid groups (broad SMARTS) is 1. The minimum atomic E-state index is -3.72. The third kappa shape index (κ3) is 4.05. The van der Waals surface area contributed by atoms with Gasteiger partial charge in [0.05, 0.1) is 10.5 Å². The van der Waals surface area contributed by atoms with Crippen molar-refractivity contribution in [3.63, 3.8) is 0 Å². The molecule has 0 aromatic heterocycles. The van der Waals surface area contributed by atoms with Gasteiger partial charge in [-0.05, 0) is 65.7 Å². The first-order chi connectivity index (χ1) is 9.79. The van der Waals surface area contributed by atoms with Crippen LogP contribution in [-0.2, 0) is 10.0 Å². The molecule has 0 radical (unpaired) electrons. The van der Waals surface area contributed by atoms with E-state index in [1.807, 2.05) is 0 Å². The number of hydrogen-bond acceptors (Lipinski definition) is 3. The molecule has 1 aliphatic carbocycles. The summed E-state index contributed by atoms with van der Waals surface area (Å²) in [4.78, 5) is 11.0. The van der Waals surface area contributed by atoms with Crippen LogP contribution in [0.5, 0.6) is 0 Å². The fraction of sp³-hybridized carbons (Fsp3) is 0.500. The topological polar surface area (TPSA) is 83.5 Å². The van der Waals surface area contributed by atoms with Gasteiger partial charge < -0.3 is 5.11 Å². The molecule has 5 nitrogen and oxygen atoms in total. The second-order valence-electron chi connectivity index (χ2n) is 5.53. The van der Waals surface area contributed by atoms with E-state index in [2.05, 4.69) is 27.6 Å². The Kier molecular flexibility index (Phi) is 5.06. The number of aromatic carboxylic acids is 1. The van der Waals surface area contributed by atoms with Gasteiger partial charge in [-0.2, -0.15) is 0 Å². The molecule has 1 aliphatic rings. The highest BCUT2D eigenvalue weighted by Crippen LogP contribution is 2.27. The predicted octanol–water partition coefficient (Wildman–Crippen LogP) is 3.00.